The first-order valence-corrected chi connectivity index (χ1v) is 13.5. The number of aromatic nitrogens is 2. The zero-order chi connectivity index (χ0) is 25.7. The Labute approximate surface area is 210 Å². The van der Waals surface area contributed by atoms with E-state index in [2.05, 4.69) is 39.5 Å². The van der Waals surface area contributed by atoms with Crippen molar-refractivity contribution in [3.05, 3.63) is 11.7 Å². The number of halogens is 3. The van der Waals surface area contributed by atoms with E-state index >= 15 is 8.78 Å². The highest BCUT2D eigenvalue weighted by molar-refractivity contribution is 5.75. The van der Waals surface area contributed by atoms with Gasteiger partial charge in [-0.1, -0.05) is 12.1 Å². The number of likely N-dealkylation sites (tertiary alicyclic amines) is 2. The summed E-state index contributed by atoms with van der Waals surface area (Å²) in [5.74, 6) is -2.37. The summed E-state index contributed by atoms with van der Waals surface area (Å²) in [6.45, 7) is 8.91. The summed E-state index contributed by atoms with van der Waals surface area (Å²) in [6.07, 6.45) is 2.46. The van der Waals surface area contributed by atoms with Gasteiger partial charge in [0.2, 0.25) is 5.89 Å². The van der Waals surface area contributed by atoms with Crippen LogP contribution in [0.2, 0.25) is 0 Å². The molecule has 1 aromatic rings. The third-order valence-electron chi connectivity index (χ3n) is 8.73. The molecule has 8 nitrogen and oxygen atoms in total. The summed E-state index contributed by atoms with van der Waals surface area (Å²) in [5.41, 5.74) is -0.400. The van der Waals surface area contributed by atoms with E-state index in [0.717, 1.165) is 19.5 Å². The van der Waals surface area contributed by atoms with Crippen LogP contribution in [0.25, 0.3) is 0 Å². The van der Waals surface area contributed by atoms with Gasteiger partial charge in [0.1, 0.15) is 12.2 Å². The second kappa shape index (κ2) is 9.78. The molecule has 2 saturated carbocycles. The predicted octanol–water partition coefficient (Wildman–Crippen LogP) is 3.59. The SMILES string of the molecule is CC(C)N1CC[C@H](N[C@H]2CCCC(F)(F)[C@@H]2NC(=O)N2CCC(C)(c3noc([C@@H]4C[C@@H]4F)n3)CC2)C1. The van der Waals surface area contributed by atoms with Crippen LogP contribution in [0.4, 0.5) is 18.0 Å². The Morgan fingerprint density at radius 2 is 1.89 bits per heavy atom. The molecule has 4 fully saturated rings. The fourth-order valence-corrected chi connectivity index (χ4v) is 5.96. The molecule has 0 aromatic carbocycles. The molecule has 11 heteroatoms. The average Bonchev–Trinajstić information content (AvgIpc) is 3.20. The van der Waals surface area contributed by atoms with Gasteiger partial charge in [-0.05, 0) is 58.9 Å². The number of carbonyl (C=O) groups is 1. The summed E-state index contributed by atoms with van der Waals surface area (Å²) in [4.78, 5) is 21.5. The number of nitrogens with zero attached hydrogens (tertiary/aromatic N) is 4. The second-order valence-corrected chi connectivity index (χ2v) is 11.8. The Bertz CT molecular complexity index is 935. The molecule has 36 heavy (non-hydrogen) atoms. The van der Waals surface area contributed by atoms with E-state index in [-0.39, 0.29) is 18.4 Å². The number of carbonyl (C=O) groups excluding carboxylic acids is 1. The highest BCUT2D eigenvalue weighted by Gasteiger charge is 2.50. The monoisotopic (exact) mass is 512 g/mol. The summed E-state index contributed by atoms with van der Waals surface area (Å²) in [6, 6.07) is -1.54. The van der Waals surface area contributed by atoms with Crippen LogP contribution in [0.3, 0.4) is 0 Å². The maximum absolute atomic E-state index is 15.0. The zero-order valence-electron chi connectivity index (χ0n) is 21.5. The number of piperidine rings is 1. The summed E-state index contributed by atoms with van der Waals surface area (Å²) >= 11 is 0. The minimum Gasteiger partial charge on any atom is -0.339 e. The smallest absolute Gasteiger partial charge is 0.317 e. The molecule has 0 radical (unpaired) electrons. The quantitative estimate of drug-likeness (QED) is 0.606. The van der Waals surface area contributed by atoms with Crippen molar-refractivity contribution in [2.45, 2.75) is 113 Å². The van der Waals surface area contributed by atoms with Crippen molar-refractivity contribution < 1.29 is 22.5 Å². The number of alkyl halides is 3. The topological polar surface area (TPSA) is 86.5 Å². The number of hydrogen-bond donors (Lipinski definition) is 2. The first-order valence-electron chi connectivity index (χ1n) is 13.5. The maximum atomic E-state index is 15.0. The molecule has 2 aliphatic heterocycles. The van der Waals surface area contributed by atoms with Gasteiger partial charge in [-0.15, -0.1) is 0 Å². The molecule has 0 bridgehead atoms. The lowest BCUT2D eigenvalue weighted by atomic mass is 9.79. The molecule has 2 N–H and O–H groups in total. The minimum absolute atomic E-state index is 0.157. The molecule has 5 atom stereocenters. The first kappa shape index (κ1) is 25.8. The molecule has 5 rings (SSSR count). The fourth-order valence-electron chi connectivity index (χ4n) is 5.96. The summed E-state index contributed by atoms with van der Waals surface area (Å²) < 4.78 is 48.7. The molecule has 0 spiro atoms. The van der Waals surface area contributed by atoms with Gasteiger partial charge < -0.3 is 20.1 Å². The number of hydrogen-bond acceptors (Lipinski definition) is 6. The van der Waals surface area contributed by atoms with E-state index in [1.54, 1.807) is 4.90 Å². The van der Waals surface area contributed by atoms with Crippen molar-refractivity contribution in [3.63, 3.8) is 0 Å². The van der Waals surface area contributed by atoms with Crippen molar-refractivity contribution >= 4 is 6.03 Å². The molecule has 4 aliphatic rings. The van der Waals surface area contributed by atoms with E-state index < -0.39 is 35.6 Å². The van der Waals surface area contributed by atoms with Crippen LogP contribution in [0.5, 0.6) is 0 Å². The number of nitrogens with one attached hydrogen (secondary N) is 2. The van der Waals surface area contributed by atoms with Crippen LogP contribution in [-0.4, -0.2) is 88.4 Å². The highest BCUT2D eigenvalue weighted by Crippen LogP contribution is 2.44. The van der Waals surface area contributed by atoms with Gasteiger partial charge in [-0.3, -0.25) is 4.90 Å². The zero-order valence-corrected chi connectivity index (χ0v) is 21.5. The van der Waals surface area contributed by atoms with E-state index in [0.29, 0.717) is 63.0 Å². The van der Waals surface area contributed by atoms with E-state index in [1.165, 1.54) is 0 Å². The van der Waals surface area contributed by atoms with Crippen molar-refractivity contribution in [3.8, 4) is 0 Å². The Kier molecular flexibility index (Phi) is 6.99. The Morgan fingerprint density at radius 1 is 1.17 bits per heavy atom. The Balaban J connectivity index is 1.18. The van der Waals surface area contributed by atoms with Crippen molar-refractivity contribution in [2.75, 3.05) is 26.2 Å². The van der Waals surface area contributed by atoms with Crippen LogP contribution in [0.15, 0.2) is 4.52 Å². The van der Waals surface area contributed by atoms with Crippen molar-refractivity contribution in [1.82, 2.24) is 30.6 Å². The van der Waals surface area contributed by atoms with Gasteiger partial charge in [0, 0.05) is 49.6 Å². The first-order chi connectivity index (χ1) is 17.1. The van der Waals surface area contributed by atoms with Crippen LogP contribution >= 0.6 is 0 Å². The molecular weight excluding hydrogens is 473 g/mol. The normalized spacial score (nSPS) is 34.2. The summed E-state index contributed by atoms with van der Waals surface area (Å²) in [7, 11) is 0. The lowest BCUT2D eigenvalue weighted by molar-refractivity contribution is -0.0735. The number of amides is 2. The van der Waals surface area contributed by atoms with Gasteiger partial charge in [0.05, 0.1) is 5.92 Å². The van der Waals surface area contributed by atoms with Crippen LogP contribution < -0.4 is 10.6 Å². The van der Waals surface area contributed by atoms with Crippen LogP contribution in [-0.2, 0) is 5.41 Å². The van der Waals surface area contributed by atoms with E-state index in [9.17, 15) is 9.18 Å². The number of rotatable bonds is 6. The fraction of sp³-hybridized carbons (Fsp3) is 0.880. The molecule has 2 amide bonds. The van der Waals surface area contributed by atoms with Crippen LogP contribution in [0.1, 0.15) is 83.3 Å². The molecular formula is C25H39F3N6O2. The molecule has 0 unspecified atom stereocenters. The van der Waals surface area contributed by atoms with Crippen LogP contribution in [0, 0.1) is 0 Å². The van der Waals surface area contributed by atoms with Gasteiger partial charge in [0.25, 0.3) is 5.92 Å². The highest BCUT2D eigenvalue weighted by atomic mass is 19.3. The largest absolute Gasteiger partial charge is 0.339 e. The molecule has 2 aliphatic carbocycles. The third-order valence-corrected chi connectivity index (χ3v) is 8.73. The standard InChI is InChI=1S/C25H39F3N6O2/c1-15(2)34-10-6-16(14-34)29-19-5-4-7-25(27,28)20(19)30-23(35)33-11-8-24(3,9-12-33)22-31-21(36-32-22)17-13-18(17)26/h15-20,29H,4-14H2,1-3H3,(H,30,35)/t16-,17+,18-,19-,20+/m0/s1. The third kappa shape index (κ3) is 5.23. The molecule has 2 saturated heterocycles. The predicted molar refractivity (Wildman–Crippen MR) is 128 cm³/mol. The Hall–Kier alpha value is -1.88. The summed E-state index contributed by atoms with van der Waals surface area (Å²) in [5, 5.41) is 10.2. The van der Waals surface area contributed by atoms with Crippen molar-refractivity contribution in [1.29, 1.82) is 0 Å². The van der Waals surface area contributed by atoms with Crippen molar-refractivity contribution in [2.24, 2.45) is 0 Å². The molecule has 202 valence electrons. The number of urea groups is 1. The lowest BCUT2D eigenvalue weighted by Crippen LogP contribution is -2.64. The molecule has 3 heterocycles. The maximum Gasteiger partial charge on any atom is 0.317 e. The minimum atomic E-state index is -2.95. The van der Waals surface area contributed by atoms with E-state index in [1.807, 2.05) is 6.92 Å². The van der Waals surface area contributed by atoms with Gasteiger partial charge >= 0.3 is 6.03 Å². The van der Waals surface area contributed by atoms with E-state index in [4.69, 9.17) is 4.52 Å². The second-order valence-electron chi connectivity index (χ2n) is 11.8. The lowest BCUT2D eigenvalue weighted by Gasteiger charge is -2.42. The van der Waals surface area contributed by atoms with Gasteiger partial charge in [-0.25, -0.2) is 18.0 Å². The Morgan fingerprint density at radius 3 is 2.53 bits per heavy atom. The molecule has 1 aromatic heterocycles. The average molecular weight is 513 g/mol. The van der Waals surface area contributed by atoms with Gasteiger partial charge in [-0.2, -0.15) is 4.98 Å². The van der Waals surface area contributed by atoms with Gasteiger partial charge in [0.15, 0.2) is 5.82 Å².